The molecule has 0 bridgehead atoms. The molecule has 1 rings (SSSR count). The lowest BCUT2D eigenvalue weighted by Crippen LogP contribution is -2.45. The summed E-state index contributed by atoms with van der Waals surface area (Å²) in [4.78, 5) is 0. The smallest absolute Gasteiger partial charge is 0.0660 e. The second-order valence-corrected chi connectivity index (χ2v) is 8.52. The van der Waals surface area contributed by atoms with Crippen LogP contribution in [0, 0.1) is 5.41 Å². The molecule has 0 spiro atoms. The lowest BCUT2D eigenvalue weighted by atomic mass is 9.65. The average molecular weight is 372 g/mol. The summed E-state index contributed by atoms with van der Waals surface area (Å²) in [5.74, 6) is 0. The van der Waals surface area contributed by atoms with E-state index in [0.29, 0.717) is 0 Å². The largest absolute Gasteiger partial charge is 0.375 e. The van der Waals surface area contributed by atoms with Crippen LogP contribution in [0.4, 0.5) is 0 Å². The lowest BCUT2D eigenvalue weighted by molar-refractivity contribution is -0.108. The van der Waals surface area contributed by atoms with Crippen LogP contribution in [0.15, 0.2) is 59.8 Å². The van der Waals surface area contributed by atoms with Gasteiger partial charge in [-0.2, -0.15) is 0 Å². The first-order valence-electron chi connectivity index (χ1n) is 10.3. The molecule has 152 valence electrons. The minimum Gasteiger partial charge on any atom is -0.375 e. The SMILES string of the molecule is C=C/C(=C\C(=C)C)[C@]1(CCNC/C(C=C(C)C)=C/C)CCOC(C)(CC)C1. The second kappa shape index (κ2) is 10.8. The van der Waals surface area contributed by atoms with Gasteiger partial charge >= 0.3 is 0 Å². The van der Waals surface area contributed by atoms with Crippen molar-refractivity contribution in [2.75, 3.05) is 19.7 Å². The number of rotatable bonds is 10. The van der Waals surface area contributed by atoms with Crippen molar-refractivity contribution in [3.63, 3.8) is 0 Å². The van der Waals surface area contributed by atoms with Crippen molar-refractivity contribution in [3.05, 3.63) is 59.8 Å². The van der Waals surface area contributed by atoms with Gasteiger partial charge in [-0.05, 0) is 78.0 Å². The predicted octanol–water partition coefficient (Wildman–Crippen LogP) is 6.53. The summed E-state index contributed by atoms with van der Waals surface area (Å²) >= 11 is 0. The minimum atomic E-state index is -0.0635. The van der Waals surface area contributed by atoms with E-state index in [1.807, 2.05) is 6.08 Å². The fourth-order valence-corrected chi connectivity index (χ4v) is 4.04. The number of allylic oxidation sites excluding steroid dienone is 6. The van der Waals surface area contributed by atoms with Gasteiger partial charge in [-0.3, -0.25) is 0 Å². The maximum atomic E-state index is 6.15. The highest BCUT2D eigenvalue weighted by atomic mass is 16.5. The van der Waals surface area contributed by atoms with Crippen LogP contribution in [-0.4, -0.2) is 25.3 Å². The van der Waals surface area contributed by atoms with Gasteiger partial charge in [-0.1, -0.05) is 55.5 Å². The van der Waals surface area contributed by atoms with Gasteiger partial charge in [0.15, 0.2) is 0 Å². The lowest BCUT2D eigenvalue weighted by Gasteiger charge is -2.47. The summed E-state index contributed by atoms with van der Waals surface area (Å²) in [6, 6.07) is 0. The Labute approximate surface area is 168 Å². The van der Waals surface area contributed by atoms with Gasteiger partial charge in [0.05, 0.1) is 5.60 Å². The first-order chi connectivity index (χ1) is 12.7. The quantitative estimate of drug-likeness (QED) is 0.348. The van der Waals surface area contributed by atoms with E-state index in [2.05, 4.69) is 78.2 Å². The first-order valence-corrected chi connectivity index (χ1v) is 10.3. The number of hydrogen-bond donors (Lipinski definition) is 1. The molecule has 1 aliphatic rings. The van der Waals surface area contributed by atoms with Gasteiger partial charge in [0.1, 0.15) is 0 Å². The molecule has 1 saturated heterocycles. The molecule has 1 fully saturated rings. The Kier molecular flexibility index (Phi) is 9.49. The van der Waals surface area contributed by atoms with Crippen molar-refractivity contribution in [2.45, 2.75) is 72.8 Å². The van der Waals surface area contributed by atoms with E-state index in [1.165, 1.54) is 16.7 Å². The third-order valence-corrected chi connectivity index (χ3v) is 5.68. The molecule has 1 heterocycles. The maximum absolute atomic E-state index is 6.15. The van der Waals surface area contributed by atoms with Crippen LogP contribution in [-0.2, 0) is 4.74 Å². The van der Waals surface area contributed by atoms with E-state index in [4.69, 9.17) is 4.74 Å². The summed E-state index contributed by atoms with van der Waals surface area (Å²) in [6.07, 6.45) is 12.9. The van der Waals surface area contributed by atoms with Gasteiger partial charge in [0.2, 0.25) is 0 Å². The highest BCUT2D eigenvalue weighted by Gasteiger charge is 2.43. The van der Waals surface area contributed by atoms with Gasteiger partial charge in [0, 0.05) is 18.6 Å². The van der Waals surface area contributed by atoms with Gasteiger partial charge in [-0.25, -0.2) is 0 Å². The van der Waals surface area contributed by atoms with Crippen LogP contribution < -0.4 is 5.32 Å². The fourth-order valence-electron chi connectivity index (χ4n) is 4.04. The molecule has 2 nitrogen and oxygen atoms in total. The van der Waals surface area contributed by atoms with Crippen molar-refractivity contribution in [1.29, 1.82) is 0 Å². The maximum Gasteiger partial charge on any atom is 0.0660 e. The van der Waals surface area contributed by atoms with Crippen molar-refractivity contribution < 1.29 is 4.74 Å². The zero-order chi connectivity index (χ0) is 20.5. The van der Waals surface area contributed by atoms with E-state index in [-0.39, 0.29) is 11.0 Å². The molecule has 0 radical (unpaired) electrons. The monoisotopic (exact) mass is 371 g/mol. The number of hydrogen-bond acceptors (Lipinski definition) is 2. The Balaban J connectivity index is 2.95. The standard InChI is InChI=1S/C25H41NO/c1-9-22(16-20(4)5)18-26-14-12-25(23(10-2)17-21(6)7)13-15-27-24(8,11-3)19-25/h9-10,16-17,26H,2,6,11-15,18-19H2,1,3-5,7-8H3/b22-9+,23-17+/t24?,25-/m1/s1. The molecule has 1 aliphatic heterocycles. The van der Waals surface area contributed by atoms with Crippen LogP contribution >= 0.6 is 0 Å². The molecule has 2 heteroatoms. The molecule has 2 atom stereocenters. The molecule has 1 N–H and O–H groups in total. The second-order valence-electron chi connectivity index (χ2n) is 8.52. The van der Waals surface area contributed by atoms with Crippen LogP contribution in [0.1, 0.15) is 67.2 Å². The van der Waals surface area contributed by atoms with Crippen LogP contribution in [0.2, 0.25) is 0 Å². The van der Waals surface area contributed by atoms with Crippen molar-refractivity contribution in [3.8, 4) is 0 Å². The predicted molar refractivity (Wildman–Crippen MR) is 120 cm³/mol. The van der Waals surface area contributed by atoms with Crippen molar-refractivity contribution in [2.24, 2.45) is 5.41 Å². The molecular weight excluding hydrogens is 330 g/mol. The first kappa shape index (κ1) is 23.7. The summed E-state index contributed by atoms with van der Waals surface area (Å²) in [5, 5.41) is 3.65. The molecule has 0 aromatic carbocycles. The summed E-state index contributed by atoms with van der Waals surface area (Å²) < 4.78 is 6.15. The minimum absolute atomic E-state index is 0.0635. The number of nitrogens with one attached hydrogen (secondary N) is 1. The highest BCUT2D eigenvalue weighted by molar-refractivity contribution is 5.33. The molecule has 1 unspecified atom stereocenters. The Morgan fingerprint density at radius 2 is 1.93 bits per heavy atom. The fraction of sp³-hybridized carbons (Fsp3) is 0.600. The normalized spacial score (nSPS) is 26.6. The topological polar surface area (TPSA) is 21.3 Å². The van der Waals surface area contributed by atoms with Crippen LogP contribution in [0.3, 0.4) is 0 Å². The van der Waals surface area contributed by atoms with Crippen LogP contribution in [0.25, 0.3) is 0 Å². The Morgan fingerprint density at radius 3 is 2.44 bits per heavy atom. The third kappa shape index (κ3) is 7.27. The molecular formula is C25H41NO. The number of ether oxygens (including phenoxy) is 1. The van der Waals surface area contributed by atoms with Gasteiger partial charge in [0.25, 0.3) is 0 Å². The van der Waals surface area contributed by atoms with E-state index in [0.717, 1.165) is 51.0 Å². The van der Waals surface area contributed by atoms with E-state index >= 15 is 0 Å². The molecule has 0 aromatic rings. The molecule has 0 amide bonds. The van der Waals surface area contributed by atoms with Crippen LogP contribution in [0.5, 0.6) is 0 Å². The Hall–Kier alpha value is -1.38. The summed E-state index contributed by atoms with van der Waals surface area (Å²) in [5.41, 5.74) is 5.12. The van der Waals surface area contributed by atoms with E-state index in [9.17, 15) is 0 Å². The molecule has 27 heavy (non-hydrogen) atoms. The molecule has 0 saturated carbocycles. The molecule has 0 aromatic heterocycles. The van der Waals surface area contributed by atoms with E-state index in [1.54, 1.807) is 0 Å². The zero-order valence-corrected chi connectivity index (χ0v) is 18.6. The van der Waals surface area contributed by atoms with Crippen molar-refractivity contribution >= 4 is 0 Å². The Bertz CT molecular complexity index is 606. The average Bonchev–Trinajstić information content (AvgIpc) is 2.61. The summed E-state index contributed by atoms with van der Waals surface area (Å²) in [7, 11) is 0. The molecule has 0 aliphatic carbocycles. The summed E-state index contributed by atoms with van der Waals surface area (Å²) in [6.45, 7) is 23.9. The van der Waals surface area contributed by atoms with Crippen molar-refractivity contribution in [1.82, 2.24) is 5.32 Å². The van der Waals surface area contributed by atoms with E-state index < -0.39 is 0 Å². The zero-order valence-electron chi connectivity index (χ0n) is 18.6. The highest BCUT2D eigenvalue weighted by Crippen LogP contribution is 2.48. The van der Waals surface area contributed by atoms with Gasteiger partial charge < -0.3 is 10.1 Å². The third-order valence-electron chi connectivity index (χ3n) is 5.68. The van der Waals surface area contributed by atoms with Gasteiger partial charge in [-0.15, -0.1) is 0 Å². The Morgan fingerprint density at radius 1 is 1.22 bits per heavy atom.